The van der Waals surface area contributed by atoms with Crippen LogP contribution in [0.2, 0.25) is 0 Å². The summed E-state index contributed by atoms with van der Waals surface area (Å²) in [6.07, 6.45) is 53.7. The molecule has 9 N–H and O–H groups in total. The fourth-order valence-electron chi connectivity index (χ4n) is 9.52. The summed E-state index contributed by atoms with van der Waals surface area (Å²) in [4.78, 5) is 13.3. The lowest BCUT2D eigenvalue weighted by molar-refractivity contribution is -0.359. The van der Waals surface area contributed by atoms with Crippen molar-refractivity contribution in [3.8, 4) is 0 Å². The number of carbonyl (C=O) groups excluding carboxylic acids is 1. The fraction of sp³-hybridized carbons (Fsp3) is 0.712. The summed E-state index contributed by atoms with van der Waals surface area (Å²) in [6.45, 7) is 2.71. The number of hydrogen-bond acceptors (Lipinski definition) is 13. The highest BCUT2D eigenvalue weighted by Gasteiger charge is 2.51. The lowest BCUT2D eigenvalue weighted by Gasteiger charge is -2.46. The molecule has 0 bridgehead atoms. The van der Waals surface area contributed by atoms with E-state index < -0.39 is 86.8 Å². The van der Waals surface area contributed by atoms with Gasteiger partial charge < -0.3 is 65.1 Å². The first kappa shape index (κ1) is 72.8. The fourth-order valence-corrected chi connectivity index (χ4v) is 9.52. The Bertz CT molecular complexity index is 1760. The number of hydrogen-bond donors (Lipinski definition) is 9. The molecule has 2 saturated heterocycles. The number of rotatable bonds is 48. The van der Waals surface area contributed by atoms with Gasteiger partial charge in [-0.15, -0.1) is 0 Å². The minimum Gasteiger partial charge on any atom is -0.394 e. The average Bonchev–Trinajstić information content (AvgIpc) is 3.46. The van der Waals surface area contributed by atoms with Gasteiger partial charge in [-0.3, -0.25) is 4.79 Å². The van der Waals surface area contributed by atoms with E-state index >= 15 is 0 Å². The molecule has 0 radical (unpaired) electrons. The first-order valence-corrected chi connectivity index (χ1v) is 31.1. The number of aliphatic hydroxyl groups is 8. The molecular weight excluding hydrogens is 1010 g/mol. The lowest BCUT2D eigenvalue weighted by Crippen LogP contribution is -2.65. The summed E-state index contributed by atoms with van der Waals surface area (Å²) in [5.41, 5.74) is 0. The Kier molecular flexibility index (Phi) is 45.6. The number of ether oxygens (including phenoxy) is 4. The first-order valence-electron chi connectivity index (χ1n) is 31.1. The molecule has 0 aromatic heterocycles. The van der Waals surface area contributed by atoms with Crippen LogP contribution in [0.1, 0.15) is 206 Å². The van der Waals surface area contributed by atoms with Gasteiger partial charge >= 0.3 is 0 Å². The minimum atomic E-state index is -1.79. The summed E-state index contributed by atoms with van der Waals surface area (Å²) in [6, 6.07) is -0.855. The molecule has 0 aliphatic carbocycles. The summed E-state index contributed by atoms with van der Waals surface area (Å²) in [5.74, 6) is -0.243. The van der Waals surface area contributed by atoms with E-state index in [0.717, 1.165) is 103 Å². The molecule has 2 aliphatic rings. The smallest absolute Gasteiger partial charge is 0.220 e. The zero-order valence-corrected chi connectivity index (χ0v) is 49.3. The quantitative estimate of drug-likeness (QED) is 0.0204. The van der Waals surface area contributed by atoms with Crippen molar-refractivity contribution in [1.29, 1.82) is 0 Å². The Balaban J connectivity index is 1.73. The van der Waals surface area contributed by atoms with Crippen LogP contribution in [0.4, 0.5) is 0 Å². The van der Waals surface area contributed by atoms with E-state index in [1.54, 1.807) is 0 Å². The highest BCUT2D eigenvalue weighted by atomic mass is 16.7. The summed E-state index contributed by atoms with van der Waals surface area (Å²) >= 11 is 0. The van der Waals surface area contributed by atoms with Gasteiger partial charge in [-0.1, -0.05) is 226 Å². The number of unbranched alkanes of at least 4 members (excludes halogenated alkanes) is 17. The van der Waals surface area contributed by atoms with Gasteiger partial charge in [0.25, 0.3) is 0 Å². The van der Waals surface area contributed by atoms with Crippen molar-refractivity contribution in [2.45, 2.75) is 280 Å². The van der Waals surface area contributed by atoms with Gasteiger partial charge in [-0.25, -0.2) is 0 Å². The predicted octanol–water partition coefficient (Wildman–Crippen LogP) is 11.2. The van der Waals surface area contributed by atoms with E-state index in [4.69, 9.17) is 18.9 Å². The van der Waals surface area contributed by atoms with Crippen LogP contribution >= 0.6 is 0 Å². The number of amides is 1. The number of nitrogens with one attached hydrogen (secondary N) is 1. The standard InChI is InChI=1S/C66H111NO13/c1-3-5-7-9-11-13-15-17-19-20-21-22-23-24-25-26-27-28-29-30-31-32-33-34-36-38-40-42-44-46-48-50-58(71)67-54(55(70)49-47-45-43-41-39-37-35-18-16-14-12-10-8-6-4-2)53-77-65-63(76)61(74)64(57(52-69)79-65)80-66-62(75)60(73)59(72)56(51-68)78-66/h5,7,11,13,17,19,21-22,24-25,27-28,30-31,33-34,38,40,54-57,59-66,68-70,72-76H,3-4,6,8-10,12,14-16,18,20,23,26,29,32,35-37,39,41-53H2,1-2H3,(H,67,71)/b7-5-,13-11-,19-17-,22-21-,25-24-,28-27-,31-30-,34-33-,40-38-. The van der Waals surface area contributed by atoms with Crippen molar-refractivity contribution in [2.24, 2.45) is 0 Å². The van der Waals surface area contributed by atoms with Crippen LogP contribution in [0.5, 0.6) is 0 Å². The topological polar surface area (TPSA) is 228 Å². The summed E-state index contributed by atoms with van der Waals surface area (Å²) < 4.78 is 22.8. The number of allylic oxidation sites excluding steroid dienone is 18. The van der Waals surface area contributed by atoms with Gasteiger partial charge in [0.15, 0.2) is 12.6 Å². The van der Waals surface area contributed by atoms with E-state index in [-0.39, 0.29) is 18.9 Å². The molecule has 80 heavy (non-hydrogen) atoms. The molecule has 12 unspecified atom stereocenters. The van der Waals surface area contributed by atoms with E-state index in [1.807, 2.05) is 0 Å². The Hall–Kier alpha value is -3.35. The van der Waals surface area contributed by atoms with Crippen LogP contribution in [0, 0.1) is 0 Å². The van der Waals surface area contributed by atoms with Crippen LogP contribution < -0.4 is 5.32 Å². The molecule has 12 atom stereocenters. The third-order valence-corrected chi connectivity index (χ3v) is 14.5. The Labute approximate surface area is 483 Å². The molecule has 458 valence electrons. The van der Waals surface area contributed by atoms with Crippen molar-refractivity contribution >= 4 is 5.91 Å². The molecule has 2 heterocycles. The van der Waals surface area contributed by atoms with Crippen molar-refractivity contribution in [2.75, 3.05) is 19.8 Å². The molecule has 14 nitrogen and oxygen atoms in total. The number of aliphatic hydroxyl groups excluding tert-OH is 8. The summed E-state index contributed by atoms with van der Waals surface area (Å²) in [7, 11) is 0. The van der Waals surface area contributed by atoms with Crippen LogP contribution in [0.25, 0.3) is 0 Å². The maximum absolute atomic E-state index is 13.3. The molecule has 0 aromatic rings. The minimum absolute atomic E-state index is 0.243. The Morgan fingerprint density at radius 2 is 0.863 bits per heavy atom. The molecule has 0 spiro atoms. The van der Waals surface area contributed by atoms with Crippen molar-refractivity contribution in [3.05, 3.63) is 109 Å². The van der Waals surface area contributed by atoms with Crippen molar-refractivity contribution < 1.29 is 64.6 Å². The monoisotopic (exact) mass is 1130 g/mol. The molecule has 0 aromatic carbocycles. The molecule has 2 fully saturated rings. The zero-order valence-electron chi connectivity index (χ0n) is 49.3. The molecule has 2 rings (SSSR count). The zero-order chi connectivity index (χ0) is 58.1. The SMILES string of the molecule is CC/C=C\C/C=C\C/C=C\C/C=C\C/C=C\C/C=C\C/C=C\C/C=C\C/C=C\CCCCCC(=O)NC(COC1OC(CO)C(OC2OC(CO)C(O)C(O)C2O)C(O)C1O)C(O)CCCCCCCCCCCCCCCCC. The van der Waals surface area contributed by atoms with E-state index in [1.165, 1.54) is 70.6 Å². The maximum atomic E-state index is 13.3. The van der Waals surface area contributed by atoms with Gasteiger partial charge in [-0.05, 0) is 83.5 Å². The first-order chi connectivity index (χ1) is 39.1. The third kappa shape index (κ3) is 34.9. The average molecular weight is 1130 g/mol. The Morgan fingerprint density at radius 3 is 1.31 bits per heavy atom. The predicted molar refractivity (Wildman–Crippen MR) is 322 cm³/mol. The van der Waals surface area contributed by atoms with Gasteiger partial charge in [0.1, 0.15) is 48.8 Å². The molecule has 1 amide bonds. The van der Waals surface area contributed by atoms with Gasteiger partial charge in [0.05, 0.1) is 32.0 Å². The molecule has 14 heteroatoms. The van der Waals surface area contributed by atoms with Crippen LogP contribution in [0.3, 0.4) is 0 Å². The third-order valence-electron chi connectivity index (χ3n) is 14.5. The molecular formula is C66H111NO13. The summed E-state index contributed by atoms with van der Waals surface area (Å²) in [5, 5.41) is 87.3. The molecule has 2 aliphatic heterocycles. The van der Waals surface area contributed by atoms with E-state index in [0.29, 0.717) is 12.8 Å². The van der Waals surface area contributed by atoms with Gasteiger partial charge in [0.2, 0.25) is 5.91 Å². The largest absolute Gasteiger partial charge is 0.394 e. The lowest BCUT2D eigenvalue weighted by atomic mass is 9.97. The van der Waals surface area contributed by atoms with Crippen LogP contribution in [-0.4, -0.2) is 140 Å². The van der Waals surface area contributed by atoms with Crippen molar-refractivity contribution in [1.82, 2.24) is 5.32 Å². The second kappa shape index (κ2) is 50.2. The van der Waals surface area contributed by atoms with Crippen LogP contribution in [0.15, 0.2) is 109 Å². The van der Waals surface area contributed by atoms with Gasteiger partial charge in [-0.2, -0.15) is 0 Å². The second-order valence-electron chi connectivity index (χ2n) is 21.5. The Morgan fingerprint density at radius 1 is 0.463 bits per heavy atom. The van der Waals surface area contributed by atoms with Crippen LogP contribution in [-0.2, 0) is 23.7 Å². The molecule has 0 saturated carbocycles. The highest BCUT2D eigenvalue weighted by molar-refractivity contribution is 5.76. The van der Waals surface area contributed by atoms with Crippen molar-refractivity contribution in [3.63, 3.8) is 0 Å². The maximum Gasteiger partial charge on any atom is 0.220 e. The van der Waals surface area contributed by atoms with Gasteiger partial charge in [0, 0.05) is 6.42 Å². The second-order valence-corrected chi connectivity index (χ2v) is 21.5. The highest BCUT2D eigenvalue weighted by Crippen LogP contribution is 2.30. The normalized spacial score (nSPS) is 25.0. The van der Waals surface area contributed by atoms with E-state index in [2.05, 4.69) is 129 Å². The van der Waals surface area contributed by atoms with E-state index in [9.17, 15) is 45.6 Å². The number of carbonyl (C=O) groups is 1.